The second-order valence-corrected chi connectivity index (χ2v) is 21.6. The molecular formula is C53H98O12. The fourth-order valence-electron chi connectivity index (χ4n) is 8.21. The minimum absolute atomic E-state index is 0.135. The Morgan fingerprint density at radius 1 is 0.523 bits per heavy atom. The van der Waals surface area contributed by atoms with Gasteiger partial charge in [0.05, 0.1) is 40.5 Å². The van der Waals surface area contributed by atoms with Crippen LogP contribution in [0.4, 0.5) is 0 Å². The molecule has 3 atom stereocenters. The van der Waals surface area contributed by atoms with Gasteiger partial charge in [0.1, 0.15) is 0 Å². The van der Waals surface area contributed by atoms with E-state index in [4.69, 9.17) is 37.9 Å². The van der Waals surface area contributed by atoms with Gasteiger partial charge in [0.25, 0.3) is 0 Å². The van der Waals surface area contributed by atoms with Crippen LogP contribution in [0.1, 0.15) is 220 Å². The smallest absolute Gasteiger partial charge is 0.313 e. The Morgan fingerprint density at radius 3 is 1.32 bits per heavy atom. The highest BCUT2D eigenvalue weighted by molar-refractivity contribution is 5.77. The maximum absolute atomic E-state index is 11.9. The molecule has 0 aromatic heterocycles. The molecule has 5 rings (SSSR count). The zero-order valence-electron chi connectivity index (χ0n) is 44.5. The lowest BCUT2D eigenvalue weighted by Gasteiger charge is -2.53. The van der Waals surface area contributed by atoms with Gasteiger partial charge in [-0.2, -0.15) is 0 Å². The molecule has 12 heteroatoms. The average Bonchev–Trinajstić information content (AvgIpc) is 3.25. The molecule has 3 unspecified atom stereocenters. The van der Waals surface area contributed by atoms with Gasteiger partial charge in [-0.05, 0) is 184 Å². The van der Waals surface area contributed by atoms with E-state index >= 15 is 0 Å². The Balaban J connectivity index is 0.000000440. The van der Waals surface area contributed by atoms with E-state index in [9.17, 15) is 19.2 Å². The lowest BCUT2D eigenvalue weighted by atomic mass is 9.55. The molecule has 0 aliphatic heterocycles. The number of carbonyl (C=O) groups excluding carboxylic acids is 4. The molecule has 5 aliphatic rings. The minimum Gasteiger partial charge on any atom is -0.438 e. The summed E-state index contributed by atoms with van der Waals surface area (Å²) >= 11 is 0. The van der Waals surface area contributed by atoms with Gasteiger partial charge >= 0.3 is 23.9 Å². The fourth-order valence-corrected chi connectivity index (χ4v) is 8.21. The first-order valence-corrected chi connectivity index (χ1v) is 25.6. The molecule has 5 saturated carbocycles. The Morgan fingerprint density at radius 2 is 0.923 bits per heavy atom. The normalized spacial score (nSPS) is 23.2. The fraction of sp³-hybridized carbons (Fsp3) is 0.925. The second-order valence-electron chi connectivity index (χ2n) is 21.6. The highest BCUT2D eigenvalue weighted by Gasteiger charge is 2.49. The van der Waals surface area contributed by atoms with Gasteiger partial charge < -0.3 is 37.9 Å². The van der Waals surface area contributed by atoms with Crippen molar-refractivity contribution in [1.29, 1.82) is 0 Å². The van der Waals surface area contributed by atoms with Gasteiger partial charge in [-0.1, -0.05) is 60.3 Å². The van der Waals surface area contributed by atoms with Gasteiger partial charge in [-0.25, -0.2) is 0 Å². The third-order valence-electron chi connectivity index (χ3n) is 14.3. The third kappa shape index (κ3) is 22.1. The number of carbonyl (C=O) groups is 4. The molecule has 0 heterocycles. The van der Waals surface area contributed by atoms with Crippen molar-refractivity contribution in [1.82, 2.24) is 0 Å². The number of ether oxygens (including phenoxy) is 8. The standard InChI is InChI=1S/C17H28O3.C14H26O3.C12H24O3.C10H20O3/c1-4-17(2,3)16(18)20-10-19-15-13-6-11-5-12(8-13)9-14(15)7-11;1-5-14(3,4)13(15)17-11(2)16-12-9-7-6-8-10-12;1-6-8-9-14-10(3)15-11(13)12(4,5)7-2;1-6-10(4,5)9(11)13-8(3)12-7-2/h11-15H,4-10H2,1-3H3;11-12H,5-10H2,1-4H3;10H,6-9H2,1-5H3;8H,6-7H2,1-5H3. The molecule has 12 nitrogen and oxygen atoms in total. The summed E-state index contributed by atoms with van der Waals surface area (Å²) in [7, 11) is 0. The number of esters is 4. The topological polar surface area (TPSA) is 142 Å². The predicted octanol–water partition coefficient (Wildman–Crippen LogP) is 12.9. The van der Waals surface area contributed by atoms with Crippen LogP contribution in [0.5, 0.6) is 0 Å². The van der Waals surface area contributed by atoms with Crippen LogP contribution in [-0.4, -0.2) is 75.0 Å². The lowest BCUT2D eigenvalue weighted by Crippen LogP contribution is -2.49. The lowest BCUT2D eigenvalue weighted by molar-refractivity contribution is -0.196. The van der Waals surface area contributed by atoms with Crippen molar-refractivity contribution in [3.63, 3.8) is 0 Å². The summed E-state index contributed by atoms with van der Waals surface area (Å²) in [4.78, 5) is 46.9. The van der Waals surface area contributed by atoms with Crippen molar-refractivity contribution in [2.24, 2.45) is 45.3 Å². The molecular weight excluding hydrogens is 829 g/mol. The number of hydrogen-bond acceptors (Lipinski definition) is 12. The van der Waals surface area contributed by atoms with Gasteiger partial charge in [0, 0.05) is 6.61 Å². The Kier molecular flexibility index (Phi) is 27.6. The summed E-state index contributed by atoms with van der Waals surface area (Å²) in [5, 5.41) is 0. The SMILES string of the molecule is CCC(C)(C)C(=O)OC(C)OC1CCCCC1.CCC(C)(C)C(=O)OCOC1C2CC3CC(C2)CC1C3.CCCCOC(C)OC(=O)C(C)(C)CC.CCOC(C)OC(=O)C(C)(C)CC. The molecule has 0 amide bonds. The van der Waals surface area contributed by atoms with Crippen LogP contribution in [0, 0.1) is 45.3 Å². The van der Waals surface area contributed by atoms with E-state index in [1.54, 1.807) is 13.8 Å². The molecule has 0 aromatic carbocycles. The zero-order valence-corrected chi connectivity index (χ0v) is 44.5. The molecule has 0 spiro atoms. The maximum atomic E-state index is 11.9. The summed E-state index contributed by atoms with van der Waals surface area (Å²) in [5.74, 6) is 2.68. The summed E-state index contributed by atoms with van der Waals surface area (Å²) in [6, 6.07) is 0. The van der Waals surface area contributed by atoms with Crippen LogP contribution in [0.2, 0.25) is 0 Å². The number of unbranched alkanes of at least 4 members (excludes halogenated alkanes) is 1. The van der Waals surface area contributed by atoms with Gasteiger partial charge in [0.15, 0.2) is 25.7 Å². The Labute approximate surface area is 396 Å². The third-order valence-corrected chi connectivity index (χ3v) is 14.3. The van der Waals surface area contributed by atoms with Crippen molar-refractivity contribution in [3.8, 4) is 0 Å². The Bertz CT molecular complexity index is 1340. The van der Waals surface area contributed by atoms with Gasteiger partial charge in [0.2, 0.25) is 0 Å². The van der Waals surface area contributed by atoms with E-state index < -0.39 is 40.5 Å². The largest absolute Gasteiger partial charge is 0.438 e. The van der Waals surface area contributed by atoms with E-state index in [-0.39, 0.29) is 36.8 Å². The predicted molar refractivity (Wildman–Crippen MR) is 256 cm³/mol. The van der Waals surface area contributed by atoms with Crippen LogP contribution in [-0.2, 0) is 57.1 Å². The van der Waals surface area contributed by atoms with E-state index in [0.717, 1.165) is 75.0 Å². The zero-order chi connectivity index (χ0) is 49.6. The molecule has 0 saturated heterocycles. The van der Waals surface area contributed by atoms with Crippen molar-refractivity contribution < 1.29 is 57.1 Å². The summed E-state index contributed by atoms with van der Waals surface area (Å²) in [5.41, 5.74) is -1.63. The minimum atomic E-state index is -0.441. The molecule has 0 radical (unpaired) electrons. The molecule has 0 N–H and O–H groups in total. The van der Waals surface area contributed by atoms with E-state index in [1.807, 2.05) is 96.9 Å². The highest BCUT2D eigenvalue weighted by Crippen LogP contribution is 2.54. The van der Waals surface area contributed by atoms with Gasteiger partial charge in [-0.3, -0.25) is 19.2 Å². The average molecular weight is 927 g/mol. The van der Waals surface area contributed by atoms with Crippen LogP contribution in [0.15, 0.2) is 0 Å². The maximum Gasteiger partial charge on any atom is 0.313 e. The number of hydrogen-bond donors (Lipinski definition) is 0. The second kappa shape index (κ2) is 29.6. The van der Waals surface area contributed by atoms with E-state index in [1.165, 1.54) is 51.4 Å². The summed E-state index contributed by atoms with van der Waals surface area (Å²) in [6.07, 6.45) is 17.3. The molecule has 4 bridgehead atoms. The first-order valence-electron chi connectivity index (χ1n) is 25.6. The van der Waals surface area contributed by atoms with E-state index in [2.05, 4.69) is 6.92 Å². The van der Waals surface area contributed by atoms with Crippen molar-refractivity contribution in [2.45, 2.75) is 252 Å². The molecule has 5 fully saturated rings. The van der Waals surface area contributed by atoms with Crippen LogP contribution in [0.3, 0.4) is 0 Å². The monoisotopic (exact) mass is 927 g/mol. The van der Waals surface area contributed by atoms with Crippen LogP contribution >= 0.6 is 0 Å². The summed E-state index contributed by atoms with van der Waals surface area (Å²) in [6.45, 7) is 33.8. The van der Waals surface area contributed by atoms with Crippen molar-refractivity contribution in [3.05, 3.63) is 0 Å². The quantitative estimate of drug-likeness (QED) is 0.0441. The van der Waals surface area contributed by atoms with Gasteiger partial charge in [-0.15, -0.1) is 0 Å². The Hall–Kier alpha value is -2.28. The molecule has 5 aliphatic carbocycles. The first-order chi connectivity index (χ1) is 30.3. The van der Waals surface area contributed by atoms with Crippen molar-refractivity contribution in [2.75, 3.05) is 20.0 Å². The van der Waals surface area contributed by atoms with Crippen molar-refractivity contribution >= 4 is 23.9 Å². The first kappa shape index (κ1) is 60.7. The molecule has 382 valence electrons. The summed E-state index contributed by atoms with van der Waals surface area (Å²) < 4.78 is 43.2. The molecule has 0 aromatic rings. The highest BCUT2D eigenvalue weighted by atomic mass is 16.7. The molecule has 65 heavy (non-hydrogen) atoms. The van der Waals surface area contributed by atoms with Crippen LogP contribution < -0.4 is 0 Å². The van der Waals surface area contributed by atoms with Crippen LogP contribution in [0.25, 0.3) is 0 Å². The number of rotatable bonds is 22. The van der Waals surface area contributed by atoms with E-state index in [0.29, 0.717) is 19.3 Å².